The maximum Gasteiger partial charge on any atom is 0.227 e. The molecule has 7 nitrogen and oxygen atoms in total. The van der Waals surface area contributed by atoms with Crippen LogP contribution in [0.15, 0.2) is 42.6 Å². The molecule has 2 aromatic carbocycles. The molecule has 3 aromatic rings. The molecule has 1 atom stereocenters. The van der Waals surface area contributed by atoms with E-state index in [0.29, 0.717) is 46.8 Å². The Kier molecular flexibility index (Phi) is 7.26. The van der Waals surface area contributed by atoms with Crippen LogP contribution in [0.5, 0.6) is 5.75 Å². The van der Waals surface area contributed by atoms with Gasteiger partial charge < -0.3 is 19.8 Å². The summed E-state index contributed by atoms with van der Waals surface area (Å²) in [7, 11) is -0.341. The van der Waals surface area contributed by atoms with Crippen molar-refractivity contribution in [2.75, 3.05) is 30.9 Å². The highest BCUT2D eigenvalue weighted by Crippen LogP contribution is 2.44. The Bertz CT molecular complexity index is 1370. The molecule has 0 radical (unpaired) electrons. The number of aromatic nitrogens is 2. The Labute approximate surface area is 225 Å². The van der Waals surface area contributed by atoms with Crippen molar-refractivity contribution in [2.45, 2.75) is 51.2 Å². The molecule has 1 unspecified atom stereocenters. The lowest BCUT2D eigenvalue weighted by Crippen LogP contribution is -2.45. The normalized spacial score (nSPS) is 17.1. The van der Waals surface area contributed by atoms with Gasteiger partial charge in [-0.15, -0.1) is 0 Å². The lowest BCUT2D eigenvalue weighted by atomic mass is 9.83. The van der Waals surface area contributed by atoms with Gasteiger partial charge in [-0.25, -0.2) is 9.97 Å². The summed E-state index contributed by atoms with van der Waals surface area (Å²) in [6, 6.07) is 13.5. The number of anilines is 3. The number of rotatable bonds is 7. The minimum Gasteiger partial charge on any atom is -0.495 e. The molecule has 2 N–H and O–H groups in total. The number of nitriles is 1. The van der Waals surface area contributed by atoms with Crippen LogP contribution in [0.4, 0.5) is 17.3 Å². The molecule has 1 aliphatic heterocycles. The topological polar surface area (TPSA) is 92.1 Å². The molecule has 0 saturated carbocycles. The number of hydrogen-bond acceptors (Lipinski definition) is 7. The summed E-state index contributed by atoms with van der Waals surface area (Å²) in [6.45, 7) is 14.8. The molecule has 37 heavy (non-hydrogen) atoms. The fourth-order valence-corrected chi connectivity index (χ4v) is 5.37. The maximum atomic E-state index is 9.96. The van der Waals surface area contributed by atoms with Gasteiger partial charge in [0.25, 0.3) is 0 Å². The Hall–Kier alpha value is -3.12. The number of nitrogens with zero attached hydrogens (tertiary/aromatic N) is 3. The molecular weight excluding hydrogens is 502 g/mol. The molecule has 0 fully saturated rings. The minimum atomic E-state index is -1.94. The second-order valence-corrected chi connectivity index (χ2v) is 16.5. The molecule has 0 aliphatic carbocycles. The Morgan fingerprint density at radius 2 is 1.97 bits per heavy atom. The zero-order valence-corrected chi connectivity index (χ0v) is 24.2. The van der Waals surface area contributed by atoms with E-state index < -0.39 is 8.32 Å². The zero-order valence-electron chi connectivity index (χ0n) is 22.5. The largest absolute Gasteiger partial charge is 0.495 e. The molecule has 0 spiro atoms. The lowest BCUT2D eigenvalue weighted by molar-refractivity contribution is 0.220. The van der Waals surface area contributed by atoms with Gasteiger partial charge in [-0.05, 0) is 60.1 Å². The summed E-state index contributed by atoms with van der Waals surface area (Å²) in [5.41, 5.74) is 4.49. The van der Waals surface area contributed by atoms with E-state index in [4.69, 9.17) is 25.7 Å². The average molecular weight is 536 g/mol. The molecule has 1 aliphatic rings. The number of benzene rings is 2. The fraction of sp³-hybridized carbons (Fsp3) is 0.393. The van der Waals surface area contributed by atoms with Crippen LogP contribution in [0.3, 0.4) is 0 Å². The van der Waals surface area contributed by atoms with Crippen molar-refractivity contribution in [3.8, 4) is 23.1 Å². The van der Waals surface area contributed by atoms with Crippen LogP contribution in [0.1, 0.15) is 38.8 Å². The van der Waals surface area contributed by atoms with Gasteiger partial charge in [0.05, 0.1) is 29.7 Å². The summed E-state index contributed by atoms with van der Waals surface area (Å²) in [5.74, 6) is 1.03. The maximum absolute atomic E-state index is 9.96. The van der Waals surface area contributed by atoms with Gasteiger partial charge in [-0.1, -0.05) is 39.3 Å². The van der Waals surface area contributed by atoms with Crippen molar-refractivity contribution in [3.05, 3.63) is 58.7 Å². The first-order valence-corrected chi connectivity index (χ1v) is 15.6. The second-order valence-electron chi connectivity index (χ2n) is 11.3. The molecule has 2 heterocycles. The van der Waals surface area contributed by atoms with Crippen molar-refractivity contribution in [3.63, 3.8) is 0 Å². The highest BCUT2D eigenvalue weighted by molar-refractivity contribution is 6.74. The van der Waals surface area contributed by atoms with Crippen molar-refractivity contribution >= 4 is 37.2 Å². The third kappa shape index (κ3) is 5.44. The number of hydrogen-bond donors (Lipinski definition) is 2. The molecule has 9 heteroatoms. The summed E-state index contributed by atoms with van der Waals surface area (Å²) >= 11 is 6.18. The Balaban J connectivity index is 1.68. The monoisotopic (exact) mass is 535 g/mol. The van der Waals surface area contributed by atoms with E-state index >= 15 is 0 Å². The standard InChI is InChI=1S/C28H34ClN5O2Si/c1-27(2,3)37(6,7)36-17-28(4)16-32-25-19(15-30)12-18(13-21(25)28)22-10-11-31-26(33-22)34-23-14-20(29)8-9-24(23)35-5/h8-14,32H,16-17H2,1-7H3,(H,31,33,34). The minimum absolute atomic E-state index is 0.119. The first-order chi connectivity index (χ1) is 17.4. The van der Waals surface area contributed by atoms with Gasteiger partial charge in [0, 0.05) is 35.3 Å². The Morgan fingerprint density at radius 1 is 1.22 bits per heavy atom. The summed E-state index contributed by atoms with van der Waals surface area (Å²) in [6.07, 6.45) is 1.69. The number of nitrogens with one attached hydrogen (secondary N) is 2. The van der Waals surface area contributed by atoms with E-state index in [1.54, 1.807) is 31.5 Å². The van der Waals surface area contributed by atoms with Crippen LogP contribution in [0.2, 0.25) is 23.2 Å². The Morgan fingerprint density at radius 3 is 2.65 bits per heavy atom. The third-order valence-electron chi connectivity index (χ3n) is 7.48. The van der Waals surface area contributed by atoms with Crippen molar-refractivity contribution in [2.24, 2.45) is 0 Å². The number of fused-ring (bicyclic) bond motifs is 1. The molecule has 194 valence electrons. The molecule has 0 bridgehead atoms. The average Bonchev–Trinajstić information content (AvgIpc) is 3.19. The molecular formula is C28H34ClN5O2Si. The summed E-state index contributed by atoms with van der Waals surface area (Å²) < 4.78 is 12.1. The smallest absolute Gasteiger partial charge is 0.227 e. The second kappa shape index (κ2) is 9.97. The van der Waals surface area contributed by atoms with E-state index in [-0.39, 0.29) is 10.5 Å². The van der Waals surface area contributed by atoms with Gasteiger partial charge >= 0.3 is 0 Å². The quantitative estimate of drug-likeness (QED) is 0.311. The summed E-state index contributed by atoms with van der Waals surface area (Å²) in [4.78, 5) is 9.11. The molecule has 1 aromatic heterocycles. The van der Waals surface area contributed by atoms with Crippen LogP contribution >= 0.6 is 11.6 Å². The number of ether oxygens (including phenoxy) is 1. The number of halogens is 1. The molecule has 4 rings (SSSR count). The first-order valence-electron chi connectivity index (χ1n) is 12.3. The van der Waals surface area contributed by atoms with Crippen LogP contribution in [-0.2, 0) is 9.84 Å². The highest BCUT2D eigenvalue weighted by Gasteiger charge is 2.42. The van der Waals surface area contributed by atoms with Gasteiger partial charge in [-0.2, -0.15) is 5.26 Å². The SMILES string of the molecule is COc1ccc(Cl)cc1Nc1nccc(-c2cc(C#N)c3c(c2)C(C)(CO[Si](C)(C)C(C)(C)C)CN3)n1. The van der Waals surface area contributed by atoms with Gasteiger partial charge in [-0.3, -0.25) is 0 Å². The van der Waals surface area contributed by atoms with Crippen molar-refractivity contribution < 1.29 is 9.16 Å². The predicted octanol–water partition coefficient (Wildman–Crippen LogP) is 7.13. The van der Waals surface area contributed by atoms with Crippen LogP contribution in [0.25, 0.3) is 11.3 Å². The van der Waals surface area contributed by atoms with Crippen LogP contribution in [0, 0.1) is 11.3 Å². The predicted molar refractivity (Wildman–Crippen MR) is 152 cm³/mol. The van der Waals surface area contributed by atoms with Crippen LogP contribution in [-0.4, -0.2) is 38.5 Å². The molecule has 0 saturated heterocycles. The van der Waals surface area contributed by atoms with Crippen LogP contribution < -0.4 is 15.4 Å². The van der Waals surface area contributed by atoms with E-state index in [2.05, 4.69) is 68.5 Å². The van der Waals surface area contributed by atoms with E-state index in [1.165, 1.54) is 0 Å². The number of methoxy groups -OCH3 is 1. The van der Waals surface area contributed by atoms with Gasteiger partial charge in [0.15, 0.2) is 8.32 Å². The highest BCUT2D eigenvalue weighted by atomic mass is 35.5. The first kappa shape index (κ1) is 26.9. The van der Waals surface area contributed by atoms with E-state index in [9.17, 15) is 5.26 Å². The summed E-state index contributed by atoms with van der Waals surface area (Å²) in [5, 5.41) is 17.3. The van der Waals surface area contributed by atoms with Gasteiger partial charge in [0.2, 0.25) is 5.95 Å². The van der Waals surface area contributed by atoms with Crippen molar-refractivity contribution in [1.29, 1.82) is 5.26 Å². The zero-order chi connectivity index (χ0) is 27.0. The third-order valence-corrected chi connectivity index (χ3v) is 12.2. The van der Waals surface area contributed by atoms with E-state index in [0.717, 1.165) is 16.8 Å². The van der Waals surface area contributed by atoms with Gasteiger partial charge in [0.1, 0.15) is 11.8 Å². The lowest BCUT2D eigenvalue weighted by Gasteiger charge is -2.39. The van der Waals surface area contributed by atoms with Crippen molar-refractivity contribution in [1.82, 2.24) is 9.97 Å². The molecule has 0 amide bonds. The van der Waals surface area contributed by atoms with E-state index in [1.807, 2.05) is 12.1 Å². The fourth-order valence-electron chi connectivity index (χ4n) is 4.09.